The zero-order valence-electron chi connectivity index (χ0n) is 34.6. The number of H-pyrrole nitrogens is 1. The van der Waals surface area contributed by atoms with Crippen molar-refractivity contribution in [3.05, 3.63) is 113 Å². The van der Waals surface area contributed by atoms with Gasteiger partial charge in [-0.15, -0.1) is 0 Å². The SMILES string of the molecule is COc1ccc2c(c1OCCO)OC1c3c(cc4c(c3Cn3cc5cc[nH]c5c3)CCC3(O)C(O4)OC4(C=CNC(N)C4OC(=O)CC(=O)O)C(O)C3O)OC(Cc3ccccc3)C21. The fourth-order valence-electron chi connectivity index (χ4n) is 10.1. The third-order valence-corrected chi connectivity index (χ3v) is 13.1. The largest absolute Gasteiger partial charge is 0.493 e. The lowest BCUT2D eigenvalue weighted by molar-refractivity contribution is -0.354. The smallest absolute Gasteiger partial charge is 0.317 e. The molecule has 10 unspecified atom stereocenters. The van der Waals surface area contributed by atoms with Crippen LogP contribution in [0, 0.1) is 0 Å². The molecule has 10 rings (SSSR count). The van der Waals surface area contributed by atoms with Crippen molar-refractivity contribution in [2.24, 2.45) is 5.73 Å². The number of fused-ring (bicyclic) bond motifs is 8. The summed E-state index contributed by atoms with van der Waals surface area (Å²) in [6.07, 6.45) is -1.58. The first-order valence-electron chi connectivity index (χ1n) is 21.1. The predicted octanol–water partition coefficient (Wildman–Crippen LogP) is 2.28. The number of benzene rings is 3. The number of esters is 1. The van der Waals surface area contributed by atoms with Gasteiger partial charge in [0.1, 0.15) is 55.1 Å². The quantitative estimate of drug-likeness (QED) is 0.0699. The van der Waals surface area contributed by atoms with Crippen molar-refractivity contribution < 1.29 is 68.3 Å². The molecule has 0 radical (unpaired) electrons. The fourth-order valence-corrected chi connectivity index (χ4v) is 10.1. The lowest BCUT2D eigenvalue weighted by Crippen LogP contribution is -2.77. The lowest BCUT2D eigenvalue weighted by Gasteiger charge is -2.55. The summed E-state index contributed by atoms with van der Waals surface area (Å²) in [6, 6.07) is 17.4. The van der Waals surface area contributed by atoms with Crippen LogP contribution in [0.5, 0.6) is 28.7 Å². The van der Waals surface area contributed by atoms with E-state index in [-0.39, 0.29) is 44.3 Å². The second-order valence-electron chi connectivity index (χ2n) is 16.8. The van der Waals surface area contributed by atoms with E-state index in [4.69, 9.17) is 38.9 Å². The summed E-state index contributed by atoms with van der Waals surface area (Å²) in [5, 5.41) is 59.1. The molecule has 18 nitrogen and oxygen atoms in total. The van der Waals surface area contributed by atoms with Gasteiger partial charge in [0, 0.05) is 59.7 Å². The number of nitrogens with two attached hydrogens (primary N) is 1. The minimum atomic E-state index is -2.24. The Kier molecular flexibility index (Phi) is 10.5. The number of ether oxygens (including phenoxy) is 7. The van der Waals surface area contributed by atoms with Crippen molar-refractivity contribution in [2.75, 3.05) is 20.3 Å². The first-order chi connectivity index (χ1) is 30.9. The first-order valence-corrected chi connectivity index (χ1v) is 21.1. The summed E-state index contributed by atoms with van der Waals surface area (Å²) in [6.45, 7) is 0.0542. The van der Waals surface area contributed by atoms with Gasteiger partial charge in [-0.05, 0) is 48.4 Å². The van der Waals surface area contributed by atoms with Crippen molar-refractivity contribution in [3.63, 3.8) is 0 Å². The molecule has 10 atom stereocenters. The number of rotatable bonds is 11. The van der Waals surface area contributed by atoms with Crippen LogP contribution in [0.1, 0.15) is 52.7 Å². The van der Waals surface area contributed by atoms with Crippen molar-refractivity contribution in [1.82, 2.24) is 14.9 Å². The first kappa shape index (κ1) is 41.7. The Bertz CT molecular complexity index is 2600. The number of aliphatic hydroxyl groups is 4. The highest BCUT2D eigenvalue weighted by Crippen LogP contribution is 2.60. The van der Waals surface area contributed by atoms with Crippen LogP contribution in [0.3, 0.4) is 0 Å². The number of carbonyl (C=O) groups excluding carboxylic acids is 1. The molecule has 5 aliphatic rings. The number of carboxylic acid groups (broad SMARTS) is 1. The van der Waals surface area contributed by atoms with E-state index >= 15 is 0 Å². The molecule has 3 aromatic carbocycles. The molecular weight excluding hydrogens is 833 g/mol. The fraction of sp³-hybridized carbons (Fsp3) is 0.391. The Labute approximate surface area is 365 Å². The van der Waals surface area contributed by atoms with Gasteiger partial charge in [0.25, 0.3) is 0 Å². The number of hydrogen-bond acceptors (Lipinski definition) is 15. The number of methoxy groups -OCH3 is 1. The van der Waals surface area contributed by atoms with Gasteiger partial charge in [-0.2, -0.15) is 0 Å². The Balaban J connectivity index is 1.12. The number of carbonyl (C=O) groups is 2. The van der Waals surface area contributed by atoms with Crippen LogP contribution in [0.2, 0.25) is 0 Å². The van der Waals surface area contributed by atoms with E-state index < -0.39 is 72.5 Å². The zero-order chi connectivity index (χ0) is 44.5. The van der Waals surface area contributed by atoms with Gasteiger partial charge >= 0.3 is 11.9 Å². The standard InChI is InChI=1S/C46H48N4O14/c1-58-29-8-7-26-35-31(17-23-5-3-2-4-6-23)60-32-18-30-25(27(21-50-20-24-10-13-48-28(24)22-50)36(32)39(35)63-37(26)38(29)59-16-15-51)9-11-45(57)40(55)41(56)46(64-44(45)61-30)12-14-49-43(47)42(46)62-34(54)19-33(52)53/h2-8,10,12-14,18,20,22,31,35,39-44,48-49,51,55-57H,9,11,15-17,19,21,47H2,1H3,(H,52,53). The maximum absolute atomic E-state index is 12.8. The number of nitrogens with zero attached hydrogens (tertiary/aromatic N) is 1. The normalized spacial score (nSPS) is 29.7. The average Bonchev–Trinajstić information content (AvgIpc) is 3.97. The van der Waals surface area contributed by atoms with E-state index in [0.29, 0.717) is 35.0 Å². The van der Waals surface area contributed by atoms with Gasteiger partial charge < -0.3 is 79.3 Å². The predicted molar refractivity (Wildman–Crippen MR) is 224 cm³/mol. The van der Waals surface area contributed by atoms with Crippen LogP contribution >= 0.6 is 0 Å². The number of nitrogens with one attached hydrogen (secondary N) is 2. The molecule has 2 aromatic heterocycles. The molecule has 0 amide bonds. The van der Waals surface area contributed by atoms with E-state index in [0.717, 1.165) is 33.2 Å². The summed E-state index contributed by atoms with van der Waals surface area (Å²) in [5.41, 5.74) is 6.90. The molecule has 5 aromatic rings. The van der Waals surface area contributed by atoms with Gasteiger partial charge in [-0.25, -0.2) is 0 Å². The van der Waals surface area contributed by atoms with Crippen LogP contribution in [-0.2, 0) is 38.4 Å². The molecule has 1 fully saturated rings. The summed E-state index contributed by atoms with van der Waals surface area (Å²) >= 11 is 0. The molecule has 0 bridgehead atoms. The van der Waals surface area contributed by atoms with E-state index in [1.54, 1.807) is 6.07 Å². The maximum atomic E-state index is 12.8. The molecule has 1 saturated heterocycles. The van der Waals surface area contributed by atoms with Crippen LogP contribution in [-0.4, -0.2) is 115 Å². The number of hydrogen-bond donors (Lipinski definition) is 8. The lowest BCUT2D eigenvalue weighted by atomic mass is 9.73. The summed E-state index contributed by atoms with van der Waals surface area (Å²) in [5.74, 6) is -1.03. The summed E-state index contributed by atoms with van der Waals surface area (Å²) in [4.78, 5) is 27.4. The van der Waals surface area contributed by atoms with Crippen LogP contribution in [0.4, 0.5) is 0 Å². The molecule has 18 heteroatoms. The van der Waals surface area contributed by atoms with Gasteiger partial charge in [-0.3, -0.25) is 9.59 Å². The summed E-state index contributed by atoms with van der Waals surface area (Å²) < 4.78 is 46.7. The van der Waals surface area contributed by atoms with Crippen molar-refractivity contribution >= 4 is 22.8 Å². The van der Waals surface area contributed by atoms with E-state index in [1.165, 1.54) is 19.4 Å². The van der Waals surface area contributed by atoms with Crippen molar-refractivity contribution in [2.45, 2.75) is 92.3 Å². The molecule has 9 N–H and O–H groups in total. The Morgan fingerprint density at radius 3 is 2.62 bits per heavy atom. The second-order valence-corrected chi connectivity index (χ2v) is 16.8. The second kappa shape index (κ2) is 16.1. The third-order valence-electron chi connectivity index (χ3n) is 13.1. The minimum absolute atomic E-state index is 0.000643. The Morgan fingerprint density at radius 2 is 1.86 bits per heavy atom. The van der Waals surface area contributed by atoms with Crippen LogP contribution in [0.15, 0.2) is 85.5 Å². The highest BCUT2D eigenvalue weighted by atomic mass is 16.7. The van der Waals surface area contributed by atoms with Gasteiger partial charge in [0.05, 0.1) is 25.2 Å². The summed E-state index contributed by atoms with van der Waals surface area (Å²) in [7, 11) is 1.53. The molecule has 1 spiro atoms. The number of aliphatic carboxylic acids is 1. The maximum Gasteiger partial charge on any atom is 0.317 e. The van der Waals surface area contributed by atoms with Crippen molar-refractivity contribution in [3.8, 4) is 28.7 Å². The minimum Gasteiger partial charge on any atom is -0.493 e. The number of carboxylic acids is 1. The van der Waals surface area contributed by atoms with E-state index in [1.807, 2.05) is 71.7 Å². The Morgan fingerprint density at radius 1 is 1.03 bits per heavy atom. The number of aliphatic hydroxyl groups excluding tert-OH is 3. The van der Waals surface area contributed by atoms with Gasteiger partial charge in [0.15, 0.2) is 28.8 Å². The number of aromatic nitrogens is 2. The molecule has 0 saturated carbocycles. The monoisotopic (exact) mass is 880 g/mol. The van der Waals surface area contributed by atoms with Gasteiger partial charge in [-0.1, -0.05) is 36.4 Å². The average molecular weight is 881 g/mol. The Hall–Kier alpha value is -6.28. The highest BCUT2D eigenvalue weighted by Gasteiger charge is 2.66. The van der Waals surface area contributed by atoms with Gasteiger partial charge in [0.2, 0.25) is 12.0 Å². The third kappa shape index (κ3) is 6.79. The molecule has 0 aliphatic carbocycles. The molecule has 5 aliphatic heterocycles. The molecule has 64 heavy (non-hydrogen) atoms. The highest BCUT2D eigenvalue weighted by molar-refractivity contribution is 5.90. The molecular formula is C46H48N4O14. The zero-order valence-corrected chi connectivity index (χ0v) is 34.6. The van der Waals surface area contributed by atoms with Crippen LogP contribution in [0.25, 0.3) is 10.9 Å². The molecule has 7 heterocycles. The van der Waals surface area contributed by atoms with Crippen LogP contribution < -0.4 is 34.7 Å². The topological polar surface area (TPSA) is 259 Å². The van der Waals surface area contributed by atoms with E-state index in [9.17, 15) is 35.1 Å². The number of aromatic amines is 1. The van der Waals surface area contributed by atoms with E-state index in [2.05, 4.69) is 10.3 Å². The van der Waals surface area contributed by atoms with Crippen molar-refractivity contribution in [1.29, 1.82) is 0 Å². The molecule has 336 valence electrons.